The Hall–Kier alpha value is -4.74. The van der Waals surface area contributed by atoms with Crippen LogP contribution in [0.15, 0.2) is 83.7 Å². The van der Waals surface area contributed by atoms with E-state index in [4.69, 9.17) is 9.47 Å². The molecule has 0 aliphatic rings. The van der Waals surface area contributed by atoms with Crippen LogP contribution in [-0.4, -0.2) is 30.0 Å². The van der Waals surface area contributed by atoms with Gasteiger partial charge in [0.05, 0.1) is 29.5 Å². The number of carbonyl (C=O) groups excluding carboxylic acids is 2. The minimum atomic E-state index is -0.474. The number of rotatable bonds is 7. The van der Waals surface area contributed by atoms with Crippen LogP contribution in [0, 0.1) is 11.3 Å². The van der Waals surface area contributed by atoms with Gasteiger partial charge in [-0.05, 0) is 55.0 Å². The fourth-order valence-electron chi connectivity index (χ4n) is 3.66. The van der Waals surface area contributed by atoms with Crippen LogP contribution >= 0.6 is 11.3 Å². The molecular weight excluding hydrogens is 488 g/mol. The number of benzene rings is 3. The molecule has 1 heterocycles. The standard InChI is InChI=1S/C29H22N2O5S/c1-3-36-23-15-13-22(14-16-23)31-27(33)25(17-19-9-11-21(12-10-19)29(34)35-2)37-28(31)24(18-30)26(32)20-7-5-4-6-8-20/h4-17H,3H2,1-2H3/b25-17+,28-24-. The van der Waals surface area contributed by atoms with E-state index in [0.717, 1.165) is 11.3 Å². The summed E-state index contributed by atoms with van der Waals surface area (Å²) in [4.78, 5) is 38.6. The molecule has 4 aromatic rings. The fraction of sp³-hybridized carbons (Fsp3) is 0.103. The Labute approximate surface area is 216 Å². The van der Waals surface area contributed by atoms with Crippen LogP contribution in [0.1, 0.15) is 33.2 Å². The molecule has 0 amide bonds. The van der Waals surface area contributed by atoms with Crippen molar-refractivity contribution >= 4 is 34.7 Å². The zero-order valence-corrected chi connectivity index (χ0v) is 21.0. The highest BCUT2D eigenvalue weighted by Gasteiger charge is 2.18. The average molecular weight is 511 g/mol. The van der Waals surface area contributed by atoms with E-state index in [-0.39, 0.29) is 15.8 Å². The molecule has 0 radical (unpaired) electrons. The first-order chi connectivity index (χ1) is 18.0. The number of esters is 1. The van der Waals surface area contributed by atoms with E-state index in [9.17, 15) is 19.6 Å². The molecule has 0 spiro atoms. The van der Waals surface area contributed by atoms with Gasteiger partial charge in [-0.3, -0.25) is 14.2 Å². The summed E-state index contributed by atoms with van der Waals surface area (Å²) in [5.41, 5.74) is 1.38. The van der Waals surface area contributed by atoms with Crippen molar-refractivity contribution < 1.29 is 19.1 Å². The van der Waals surface area contributed by atoms with Crippen molar-refractivity contribution in [3.63, 3.8) is 0 Å². The highest BCUT2D eigenvalue weighted by atomic mass is 32.1. The summed E-state index contributed by atoms with van der Waals surface area (Å²) in [7, 11) is 1.30. The molecule has 7 nitrogen and oxygen atoms in total. The maximum Gasteiger partial charge on any atom is 0.337 e. The molecule has 0 unspecified atom stereocenters. The van der Waals surface area contributed by atoms with E-state index in [1.165, 1.54) is 11.7 Å². The molecule has 0 N–H and O–H groups in total. The molecule has 0 aliphatic carbocycles. The summed E-state index contributed by atoms with van der Waals surface area (Å²) in [5, 5.41) is 10.0. The van der Waals surface area contributed by atoms with Gasteiger partial charge in [0.2, 0.25) is 5.78 Å². The largest absolute Gasteiger partial charge is 0.494 e. The van der Waals surface area contributed by atoms with Crippen molar-refractivity contribution in [2.45, 2.75) is 6.92 Å². The van der Waals surface area contributed by atoms with Crippen LogP contribution in [0.25, 0.3) is 17.3 Å². The second-order valence-corrected chi connectivity index (χ2v) is 8.81. The number of nitriles is 1. The average Bonchev–Trinajstić information content (AvgIpc) is 3.25. The van der Waals surface area contributed by atoms with Gasteiger partial charge in [0.15, 0.2) is 0 Å². The number of carbonyl (C=O) groups is 2. The normalized spacial score (nSPS) is 12.0. The van der Waals surface area contributed by atoms with Crippen LogP contribution in [-0.2, 0) is 4.74 Å². The van der Waals surface area contributed by atoms with Crippen molar-refractivity contribution in [3.8, 4) is 17.5 Å². The van der Waals surface area contributed by atoms with E-state index >= 15 is 0 Å². The van der Waals surface area contributed by atoms with Crippen LogP contribution in [0.5, 0.6) is 5.75 Å². The van der Waals surface area contributed by atoms with Crippen LogP contribution in [0.2, 0.25) is 0 Å². The predicted molar refractivity (Wildman–Crippen MR) is 141 cm³/mol. The maximum atomic E-state index is 13.6. The second kappa shape index (κ2) is 11.3. The molecule has 8 heteroatoms. The third-order valence-electron chi connectivity index (χ3n) is 5.45. The van der Waals surface area contributed by atoms with Gasteiger partial charge in [-0.25, -0.2) is 4.79 Å². The molecule has 184 valence electrons. The summed E-state index contributed by atoms with van der Waals surface area (Å²) in [6.07, 6.45) is 1.66. The van der Waals surface area contributed by atoms with Crippen LogP contribution < -0.4 is 19.5 Å². The van der Waals surface area contributed by atoms with Gasteiger partial charge in [-0.1, -0.05) is 42.5 Å². The van der Waals surface area contributed by atoms with Gasteiger partial charge < -0.3 is 9.47 Å². The quantitative estimate of drug-likeness (QED) is 0.279. The van der Waals surface area contributed by atoms with Gasteiger partial charge in [-0.15, -0.1) is 11.3 Å². The molecule has 0 bridgehead atoms. The van der Waals surface area contributed by atoms with Gasteiger partial charge in [0.1, 0.15) is 22.1 Å². The van der Waals surface area contributed by atoms with Crippen LogP contribution in [0.4, 0.5) is 0 Å². The SMILES string of the molecule is CCOc1ccc(-n2c(=O)/c(=C\c3ccc(C(=O)OC)cc3)s/c2=C(/C#N)C(=O)c2ccccc2)cc1. The van der Waals surface area contributed by atoms with Gasteiger partial charge in [0, 0.05) is 5.56 Å². The van der Waals surface area contributed by atoms with Gasteiger partial charge in [-0.2, -0.15) is 5.26 Å². The zero-order chi connectivity index (χ0) is 26.4. The van der Waals surface area contributed by atoms with E-state index < -0.39 is 11.8 Å². The van der Waals surface area contributed by atoms with E-state index in [2.05, 4.69) is 0 Å². The first-order valence-corrected chi connectivity index (χ1v) is 12.2. The Morgan fingerprint density at radius 2 is 1.65 bits per heavy atom. The number of Topliss-reactive ketones (excluding diaryl/α,β-unsaturated/α-hetero) is 1. The van der Waals surface area contributed by atoms with Gasteiger partial charge in [0.25, 0.3) is 5.56 Å². The lowest BCUT2D eigenvalue weighted by atomic mass is 10.1. The highest BCUT2D eigenvalue weighted by molar-refractivity contribution is 7.07. The molecule has 4 rings (SSSR count). The summed E-state index contributed by atoms with van der Waals surface area (Å²) in [6.45, 7) is 2.37. The Morgan fingerprint density at radius 1 is 0.973 bits per heavy atom. The number of hydrogen-bond acceptors (Lipinski definition) is 7. The first-order valence-electron chi connectivity index (χ1n) is 11.4. The molecule has 37 heavy (non-hydrogen) atoms. The molecule has 3 aromatic carbocycles. The summed E-state index contributed by atoms with van der Waals surface area (Å²) < 4.78 is 12.2. The molecular formula is C29H22N2O5S. The lowest BCUT2D eigenvalue weighted by Gasteiger charge is -2.06. The monoisotopic (exact) mass is 510 g/mol. The minimum Gasteiger partial charge on any atom is -0.494 e. The summed E-state index contributed by atoms with van der Waals surface area (Å²) in [5.74, 6) is -0.299. The molecule has 0 aliphatic heterocycles. The van der Waals surface area contributed by atoms with E-state index in [0.29, 0.717) is 39.3 Å². The van der Waals surface area contributed by atoms with E-state index in [1.54, 1.807) is 84.9 Å². The number of thiazole rings is 1. The molecule has 0 saturated carbocycles. The summed E-state index contributed by atoms with van der Waals surface area (Å²) >= 11 is 1.05. The van der Waals surface area contributed by atoms with Gasteiger partial charge >= 0.3 is 5.97 Å². The van der Waals surface area contributed by atoms with Crippen molar-refractivity contribution in [2.24, 2.45) is 0 Å². The Bertz CT molecular complexity index is 1660. The number of nitrogens with zero attached hydrogens (tertiary/aromatic N) is 2. The predicted octanol–water partition coefficient (Wildman–Crippen LogP) is 3.47. The minimum absolute atomic E-state index is 0.136. The molecule has 0 saturated heterocycles. The Kier molecular flexibility index (Phi) is 7.77. The number of hydrogen-bond donors (Lipinski definition) is 0. The number of aromatic nitrogens is 1. The zero-order valence-electron chi connectivity index (χ0n) is 20.1. The molecule has 0 fully saturated rings. The first kappa shape index (κ1) is 25.4. The van der Waals surface area contributed by atoms with Crippen molar-refractivity contribution in [1.29, 1.82) is 5.26 Å². The highest BCUT2D eigenvalue weighted by Crippen LogP contribution is 2.15. The van der Waals surface area contributed by atoms with Crippen LogP contribution in [0.3, 0.4) is 0 Å². The van der Waals surface area contributed by atoms with E-state index in [1.807, 2.05) is 13.0 Å². The molecule has 1 aromatic heterocycles. The summed E-state index contributed by atoms with van der Waals surface area (Å²) in [6, 6.07) is 23.9. The fourth-order valence-corrected chi connectivity index (χ4v) is 4.76. The van der Waals surface area contributed by atoms with Crippen molar-refractivity contribution in [1.82, 2.24) is 4.57 Å². The number of ketones is 1. The Balaban J connectivity index is 1.95. The Morgan fingerprint density at radius 3 is 2.24 bits per heavy atom. The second-order valence-electron chi connectivity index (χ2n) is 7.78. The number of methoxy groups -OCH3 is 1. The molecule has 0 atom stereocenters. The van der Waals surface area contributed by atoms with Crippen molar-refractivity contribution in [2.75, 3.05) is 13.7 Å². The third-order valence-corrected chi connectivity index (χ3v) is 6.54. The topological polar surface area (TPSA) is 98.4 Å². The lowest BCUT2D eigenvalue weighted by molar-refractivity contribution is 0.0600. The smallest absolute Gasteiger partial charge is 0.337 e. The number of ether oxygens (including phenoxy) is 2. The van der Waals surface area contributed by atoms with Crippen molar-refractivity contribution in [3.05, 3.63) is 115 Å². The lowest BCUT2D eigenvalue weighted by Crippen LogP contribution is -2.31. The third kappa shape index (κ3) is 5.42. The maximum absolute atomic E-state index is 13.6.